The highest BCUT2D eigenvalue weighted by Gasteiger charge is 2.48. The molecule has 0 aliphatic heterocycles. The number of hydrogen-bond donors (Lipinski definition) is 0. The maximum absolute atomic E-state index is 9.89. The molecular weight excluding hydrogens is 700 g/mol. The van der Waals surface area contributed by atoms with Gasteiger partial charge in [-0.1, -0.05) is 146 Å². The number of benzene rings is 8. The Morgan fingerprint density at radius 3 is 0.426 bits per heavy atom. The van der Waals surface area contributed by atoms with Crippen molar-refractivity contribution in [3.63, 3.8) is 0 Å². The van der Waals surface area contributed by atoms with E-state index in [0.717, 1.165) is 0 Å². The average molecular weight is 741 g/mol. The van der Waals surface area contributed by atoms with Crippen molar-refractivity contribution in [3.05, 3.63) is 243 Å². The molecule has 264 valence electrons. The molecule has 0 fully saturated rings. The maximum Gasteiger partial charge on any atom is 0.144 e. The third-order valence-corrected chi connectivity index (χ3v) is 17.7. The van der Waals surface area contributed by atoms with Crippen molar-refractivity contribution in [1.82, 2.24) is 0 Å². The highest BCUT2D eigenvalue weighted by molar-refractivity contribution is 8.02. The molecule has 8 rings (SSSR count). The van der Waals surface area contributed by atoms with Crippen molar-refractivity contribution < 1.29 is 14.4 Å². The smallest absolute Gasteiger partial charge is 0.144 e. The Bertz CT molecular complexity index is 1740. The van der Waals surface area contributed by atoms with Crippen LogP contribution in [0, 0.1) is 0 Å². The van der Waals surface area contributed by atoms with Crippen molar-refractivity contribution in [2.45, 2.75) is 0 Å². The summed E-state index contributed by atoms with van der Waals surface area (Å²) in [6, 6.07) is 87.7. The van der Waals surface area contributed by atoms with Gasteiger partial charge in [0.2, 0.25) is 0 Å². The lowest BCUT2D eigenvalue weighted by Crippen LogP contribution is -2.39. The van der Waals surface area contributed by atoms with Crippen LogP contribution in [0.2, 0.25) is 0 Å². The van der Waals surface area contributed by atoms with Gasteiger partial charge in [0.05, 0.1) is 0 Å². The number of rotatable bonds is 8. The topological polar surface area (TPSA) is 46.1 Å². The lowest BCUT2D eigenvalue weighted by molar-refractivity contribution is -0.366. The van der Waals surface area contributed by atoms with E-state index in [-0.39, 0.29) is 0 Å². The molecule has 0 spiro atoms. The molecule has 0 heterocycles. The van der Waals surface area contributed by atoms with Crippen molar-refractivity contribution in [2.24, 2.45) is 0 Å². The molecule has 8 aromatic carbocycles. The second kappa shape index (κ2) is 19.0. The van der Waals surface area contributed by atoms with E-state index < -0.39 is 21.9 Å². The van der Waals surface area contributed by atoms with Crippen LogP contribution in [0.3, 0.4) is 0 Å². The van der Waals surface area contributed by atoms with Gasteiger partial charge in [0, 0.05) is 0 Å². The second-order valence-electron chi connectivity index (χ2n) is 12.3. The van der Waals surface area contributed by atoms with Gasteiger partial charge in [0.25, 0.3) is 0 Å². The second-order valence-corrected chi connectivity index (χ2v) is 19.1. The van der Waals surface area contributed by atoms with E-state index in [1.165, 1.54) is 42.4 Å². The van der Waals surface area contributed by atoms with Crippen LogP contribution < -0.4 is 52.5 Å². The standard InChI is InChI=1S/2C24H20P.BFO2/c2*1-5-13-21(14-6-1)25(22-15-7-2-8-16-22,23-17-9-3-10-18-23)24-19-11-4-12-20-24;2-1(3)4/h2*1-20H;/q2*+1;-2. The van der Waals surface area contributed by atoms with Crippen LogP contribution in [0.25, 0.3) is 0 Å². The summed E-state index contributed by atoms with van der Waals surface area (Å²) in [7, 11) is -6.98. The fourth-order valence-corrected chi connectivity index (χ4v) is 15.5. The Morgan fingerprint density at radius 1 is 0.241 bits per heavy atom. The normalized spacial score (nSPS) is 10.9. The third kappa shape index (κ3) is 8.50. The van der Waals surface area contributed by atoms with Crippen molar-refractivity contribution in [2.75, 3.05) is 0 Å². The van der Waals surface area contributed by atoms with Gasteiger partial charge in [-0.3, -0.25) is 0 Å². The highest BCUT2D eigenvalue weighted by Crippen LogP contribution is 2.55. The zero-order chi connectivity index (χ0) is 37.5. The Balaban J connectivity index is 0.000000168. The molecule has 0 atom stereocenters. The van der Waals surface area contributed by atoms with Crippen LogP contribution in [-0.2, 0) is 0 Å². The van der Waals surface area contributed by atoms with Gasteiger partial charge in [-0.2, -0.15) is 0 Å². The van der Waals surface area contributed by atoms with Crippen LogP contribution >= 0.6 is 14.5 Å². The molecule has 2 nitrogen and oxygen atoms in total. The largest absolute Gasteiger partial charge is 0.867 e. The first-order valence-corrected chi connectivity index (χ1v) is 21.3. The summed E-state index contributed by atoms with van der Waals surface area (Å²) in [5.74, 6) is 0. The molecule has 54 heavy (non-hydrogen) atoms. The van der Waals surface area contributed by atoms with E-state index in [1.807, 2.05) is 0 Å². The van der Waals surface area contributed by atoms with Gasteiger partial charge in [0.15, 0.2) is 0 Å². The molecule has 0 N–H and O–H groups in total. The molecule has 0 amide bonds. The van der Waals surface area contributed by atoms with Crippen molar-refractivity contribution in [1.29, 1.82) is 0 Å². The average Bonchev–Trinajstić information content (AvgIpc) is 3.25. The van der Waals surface area contributed by atoms with Gasteiger partial charge < -0.3 is 14.4 Å². The van der Waals surface area contributed by atoms with Crippen LogP contribution in [0.1, 0.15) is 0 Å². The third-order valence-electron chi connectivity index (χ3n) is 9.15. The van der Waals surface area contributed by atoms with Gasteiger partial charge in [0.1, 0.15) is 64.4 Å². The van der Waals surface area contributed by atoms with Gasteiger partial charge in [-0.05, 0) is 97.1 Å². The van der Waals surface area contributed by atoms with Gasteiger partial charge >= 0.3 is 0 Å². The predicted molar refractivity (Wildman–Crippen MR) is 229 cm³/mol. The highest BCUT2D eigenvalue weighted by atomic mass is 31.2. The molecule has 0 aromatic heterocycles. The Hall–Kier alpha value is -5.47. The summed E-state index contributed by atoms with van der Waals surface area (Å²) in [6.07, 6.45) is 0. The molecule has 0 aliphatic carbocycles. The lowest BCUT2D eigenvalue weighted by atomic mass is 10.3. The quantitative estimate of drug-likeness (QED) is 0.136. The summed E-state index contributed by atoms with van der Waals surface area (Å²) < 4.78 is 9.89. The molecule has 8 aromatic rings. The molecular formula is C48H40BFO2P2. The maximum atomic E-state index is 9.89. The molecule has 0 unspecified atom stereocenters. The lowest BCUT2D eigenvalue weighted by Gasteiger charge is -2.27. The van der Waals surface area contributed by atoms with Crippen LogP contribution in [0.15, 0.2) is 243 Å². The molecule has 0 aliphatic rings. The molecule has 0 radical (unpaired) electrons. The zero-order valence-corrected chi connectivity index (χ0v) is 31.5. The minimum atomic E-state index is -3.17. The summed E-state index contributed by atoms with van der Waals surface area (Å²) >= 11 is 0. The first-order chi connectivity index (χ1) is 26.6. The van der Waals surface area contributed by atoms with E-state index >= 15 is 0 Å². The van der Waals surface area contributed by atoms with E-state index in [4.69, 9.17) is 10.0 Å². The molecule has 6 heteroatoms. The van der Waals surface area contributed by atoms with Crippen LogP contribution in [0.5, 0.6) is 0 Å². The Kier molecular flexibility index (Phi) is 13.5. The van der Waals surface area contributed by atoms with Crippen LogP contribution in [-0.4, -0.2) is 7.40 Å². The summed E-state index contributed by atoms with van der Waals surface area (Å²) in [5, 5.41) is 27.7. The minimum absolute atomic E-state index is 1.39. The van der Waals surface area contributed by atoms with E-state index in [2.05, 4.69) is 243 Å². The summed E-state index contributed by atoms with van der Waals surface area (Å²) in [4.78, 5) is 0. The monoisotopic (exact) mass is 740 g/mol. The first-order valence-electron chi connectivity index (χ1n) is 17.8. The Morgan fingerprint density at radius 2 is 0.333 bits per heavy atom. The predicted octanol–water partition coefficient (Wildman–Crippen LogP) is 6.27. The number of hydrogen-bond acceptors (Lipinski definition) is 2. The zero-order valence-electron chi connectivity index (χ0n) is 29.8. The van der Waals surface area contributed by atoms with Gasteiger partial charge in [-0.25, -0.2) is 0 Å². The SMILES string of the molecule is [O-]B([O-])F.c1ccc([P+](c2ccccc2)(c2ccccc2)c2ccccc2)cc1.c1ccc([P+](c2ccccc2)(c2ccccc2)c2ccccc2)cc1. The van der Waals surface area contributed by atoms with Crippen molar-refractivity contribution in [3.8, 4) is 0 Å². The number of halogens is 1. The molecule has 0 bridgehead atoms. The molecule has 0 saturated heterocycles. The summed E-state index contributed by atoms with van der Waals surface area (Å²) in [5.41, 5.74) is 0. The fraction of sp³-hybridized carbons (Fsp3) is 0. The molecule has 0 saturated carbocycles. The minimum Gasteiger partial charge on any atom is -0.867 e. The van der Waals surface area contributed by atoms with E-state index in [0.29, 0.717) is 0 Å². The van der Waals surface area contributed by atoms with Crippen LogP contribution in [0.4, 0.5) is 4.32 Å². The van der Waals surface area contributed by atoms with Crippen molar-refractivity contribution >= 4 is 64.4 Å². The first kappa shape index (κ1) is 38.3. The fourth-order valence-electron chi connectivity index (χ4n) is 7.00. The van der Waals surface area contributed by atoms with E-state index in [1.54, 1.807) is 0 Å². The van der Waals surface area contributed by atoms with E-state index in [9.17, 15) is 4.32 Å². The Labute approximate surface area is 320 Å². The van der Waals surface area contributed by atoms with Gasteiger partial charge in [-0.15, -0.1) is 0 Å². The summed E-state index contributed by atoms with van der Waals surface area (Å²) in [6.45, 7) is 0.